The maximum atomic E-state index is 12.2. The van der Waals surface area contributed by atoms with Gasteiger partial charge in [0.05, 0.1) is 11.1 Å². The van der Waals surface area contributed by atoms with Gasteiger partial charge in [-0.05, 0) is 43.4 Å². The summed E-state index contributed by atoms with van der Waals surface area (Å²) < 4.78 is 0. The van der Waals surface area contributed by atoms with E-state index in [1.165, 1.54) is 4.90 Å². The van der Waals surface area contributed by atoms with Crippen molar-refractivity contribution in [2.45, 2.75) is 25.7 Å². The van der Waals surface area contributed by atoms with Crippen molar-refractivity contribution in [1.82, 2.24) is 4.90 Å². The second kappa shape index (κ2) is 4.50. The van der Waals surface area contributed by atoms with Crippen LogP contribution in [-0.2, 0) is 0 Å². The van der Waals surface area contributed by atoms with Crippen LogP contribution in [0.25, 0.3) is 0 Å². The average molecular weight is 253 g/mol. The Morgan fingerprint density at radius 1 is 1.00 bits per heavy atom. The summed E-state index contributed by atoms with van der Waals surface area (Å²) in [5.41, 5.74) is 3.06. The van der Waals surface area contributed by atoms with Crippen molar-refractivity contribution in [2.24, 2.45) is 0 Å². The fourth-order valence-corrected chi connectivity index (χ4v) is 2.63. The first-order valence-electron chi connectivity index (χ1n) is 6.54. The Kier molecular flexibility index (Phi) is 2.82. The normalized spacial score (nSPS) is 21.2. The molecule has 1 aromatic rings. The number of carbonyl (C=O) groups excluding carboxylic acids is 2. The van der Waals surface area contributed by atoms with Gasteiger partial charge in [0, 0.05) is 6.20 Å². The molecule has 0 radical (unpaired) electrons. The summed E-state index contributed by atoms with van der Waals surface area (Å²) >= 11 is 0. The SMILES string of the molecule is C=C1CCCC/C1=C\N1C(=O)c2ccccc2C1=O. The zero-order chi connectivity index (χ0) is 13.4. The van der Waals surface area contributed by atoms with Gasteiger partial charge >= 0.3 is 0 Å². The second-order valence-electron chi connectivity index (χ2n) is 4.99. The number of imide groups is 1. The van der Waals surface area contributed by atoms with Gasteiger partial charge in [0.1, 0.15) is 0 Å². The molecule has 0 aromatic heterocycles. The summed E-state index contributed by atoms with van der Waals surface area (Å²) in [5.74, 6) is -0.460. The third kappa shape index (κ3) is 1.91. The van der Waals surface area contributed by atoms with Gasteiger partial charge in [-0.1, -0.05) is 24.3 Å². The fraction of sp³-hybridized carbons (Fsp3) is 0.250. The Hall–Kier alpha value is -2.16. The minimum Gasteiger partial charge on any atom is -0.268 e. The standard InChI is InChI=1S/C16H15NO2/c1-11-6-2-3-7-12(11)10-17-15(18)13-8-4-5-9-14(13)16(17)19/h4-5,8-10H,1-3,6-7H2/b12-10+. The lowest BCUT2D eigenvalue weighted by Gasteiger charge is -2.19. The van der Waals surface area contributed by atoms with Crippen LogP contribution >= 0.6 is 0 Å². The zero-order valence-corrected chi connectivity index (χ0v) is 10.7. The number of rotatable bonds is 1. The molecule has 0 saturated heterocycles. The van der Waals surface area contributed by atoms with Crippen molar-refractivity contribution < 1.29 is 9.59 Å². The number of nitrogens with zero attached hydrogens (tertiary/aromatic N) is 1. The summed E-state index contributed by atoms with van der Waals surface area (Å²) in [6.45, 7) is 4.02. The van der Waals surface area contributed by atoms with E-state index in [1.807, 2.05) is 0 Å². The topological polar surface area (TPSA) is 37.4 Å². The molecule has 19 heavy (non-hydrogen) atoms. The number of hydrogen-bond acceptors (Lipinski definition) is 2. The quantitative estimate of drug-likeness (QED) is 0.720. The largest absolute Gasteiger partial charge is 0.268 e. The summed E-state index contributed by atoms with van der Waals surface area (Å²) in [7, 11) is 0. The van der Waals surface area contributed by atoms with Gasteiger partial charge in [0.15, 0.2) is 0 Å². The summed E-state index contributed by atoms with van der Waals surface area (Å²) in [5, 5.41) is 0. The van der Waals surface area contributed by atoms with Crippen molar-refractivity contribution in [3.63, 3.8) is 0 Å². The Labute approximate surface area is 112 Å². The van der Waals surface area contributed by atoms with Crippen molar-refractivity contribution >= 4 is 11.8 Å². The van der Waals surface area contributed by atoms with Crippen molar-refractivity contribution in [1.29, 1.82) is 0 Å². The van der Waals surface area contributed by atoms with Gasteiger partial charge in [-0.2, -0.15) is 0 Å². The fourth-order valence-electron chi connectivity index (χ4n) is 2.63. The molecule has 0 spiro atoms. The predicted molar refractivity (Wildman–Crippen MR) is 72.6 cm³/mol. The number of fused-ring (bicyclic) bond motifs is 1. The molecule has 0 bridgehead atoms. The van der Waals surface area contributed by atoms with Crippen LogP contribution in [0.5, 0.6) is 0 Å². The van der Waals surface area contributed by atoms with Crippen LogP contribution in [0.4, 0.5) is 0 Å². The van der Waals surface area contributed by atoms with Crippen molar-refractivity contribution in [3.05, 3.63) is 59.3 Å². The molecule has 1 fully saturated rings. The molecule has 3 rings (SSSR count). The maximum Gasteiger partial charge on any atom is 0.265 e. The van der Waals surface area contributed by atoms with E-state index in [-0.39, 0.29) is 11.8 Å². The molecule has 0 unspecified atom stereocenters. The first-order chi connectivity index (χ1) is 9.18. The van der Waals surface area contributed by atoms with Crippen molar-refractivity contribution in [2.75, 3.05) is 0 Å². The first-order valence-corrected chi connectivity index (χ1v) is 6.54. The minimum atomic E-state index is -0.230. The maximum absolute atomic E-state index is 12.2. The van der Waals surface area contributed by atoms with E-state index in [9.17, 15) is 9.59 Å². The third-order valence-corrected chi connectivity index (χ3v) is 3.74. The number of allylic oxidation sites excluding steroid dienone is 2. The van der Waals surface area contributed by atoms with Gasteiger partial charge in [0.2, 0.25) is 0 Å². The predicted octanol–water partition coefficient (Wildman–Crippen LogP) is 3.30. The molecule has 96 valence electrons. The molecule has 1 aromatic carbocycles. The molecule has 1 saturated carbocycles. The first kappa shape index (κ1) is 11.9. The number of carbonyl (C=O) groups is 2. The molecular weight excluding hydrogens is 238 g/mol. The van der Waals surface area contributed by atoms with E-state index in [4.69, 9.17) is 0 Å². The van der Waals surface area contributed by atoms with Gasteiger partial charge in [-0.3, -0.25) is 9.59 Å². The average Bonchev–Trinajstić information content (AvgIpc) is 2.67. The Bertz CT molecular complexity index is 578. The summed E-state index contributed by atoms with van der Waals surface area (Å²) in [6, 6.07) is 6.95. The van der Waals surface area contributed by atoms with E-state index in [1.54, 1.807) is 30.5 Å². The van der Waals surface area contributed by atoms with Crippen LogP contribution in [0, 0.1) is 0 Å². The van der Waals surface area contributed by atoms with Gasteiger partial charge < -0.3 is 0 Å². The van der Waals surface area contributed by atoms with Crippen LogP contribution < -0.4 is 0 Å². The summed E-state index contributed by atoms with van der Waals surface area (Å²) in [4.78, 5) is 25.7. The number of amides is 2. The molecule has 0 atom stereocenters. The van der Waals surface area contributed by atoms with E-state index >= 15 is 0 Å². The Morgan fingerprint density at radius 3 is 2.16 bits per heavy atom. The molecule has 2 aliphatic rings. The lowest BCUT2D eigenvalue weighted by molar-refractivity contribution is 0.0720. The van der Waals surface area contributed by atoms with Crippen molar-refractivity contribution in [3.8, 4) is 0 Å². The molecule has 0 N–H and O–H groups in total. The molecule has 3 nitrogen and oxygen atoms in total. The highest BCUT2D eigenvalue weighted by molar-refractivity contribution is 6.22. The third-order valence-electron chi connectivity index (χ3n) is 3.74. The van der Waals surface area contributed by atoms with E-state index < -0.39 is 0 Å². The molecule has 3 heteroatoms. The lowest BCUT2D eigenvalue weighted by Crippen LogP contribution is -2.24. The van der Waals surface area contributed by atoms with E-state index in [2.05, 4.69) is 6.58 Å². The minimum absolute atomic E-state index is 0.230. The van der Waals surface area contributed by atoms with E-state index in [0.717, 1.165) is 36.8 Å². The van der Waals surface area contributed by atoms with Gasteiger partial charge in [0.25, 0.3) is 11.8 Å². The molecule has 1 aliphatic heterocycles. The van der Waals surface area contributed by atoms with E-state index in [0.29, 0.717) is 11.1 Å². The second-order valence-corrected chi connectivity index (χ2v) is 4.99. The Morgan fingerprint density at radius 2 is 1.58 bits per heavy atom. The smallest absolute Gasteiger partial charge is 0.265 e. The highest BCUT2D eigenvalue weighted by atomic mass is 16.2. The Balaban J connectivity index is 1.96. The monoisotopic (exact) mass is 253 g/mol. The number of hydrogen-bond donors (Lipinski definition) is 0. The molecule has 2 amide bonds. The van der Waals surface area contributed by atoms with Crippen LogP contribution in [0.15, 0.2) is 48.2 Å². The molecule has 1 heterocycles. The van der Waals surface area contributed by atoms with Crippen LogP contribution in [0.1, 0.15) is 46.4 Å². The summed E-state index contributed by atoms with van der Waals surface area (Å²) in [6.07, 6.45) is 5.76. The van der Waals surface area contributed by atoms with Gasteiger partial charge in [-0.15, -0.1) is 0 Å². The molecule has 1 aliphatic carbocycles. The highest BCUT2D eigenvalue weighted by Crippen LogP contribution is 2.30. The van der Waals surface area contributed by atoms with Gasteiger partial charge in [-0.25, -0.2) is 4.90 Å². The molecular formula is C16H15NO2. The van der Waals surface area contributed by atoms with Crippen LogP contribution in [0.3, 0.4) is 0 Å². The van der Waals surface area contributed by atoms with Crippen LogP contribution in [0.2, 0.25) is 0 Å². The zero-order valence-electron chi connectivity index (χ0n) is 10.7. The highest BCUT2D eigenvalue weighted by Gasteiger charge is 2.34. The van der Waals surface area contributed by atoms with Crippen LogP contribution in [-0.4, -0.2) is 16.7 Å². The number of benzene rings is 1. The lowest BCUT2D eigenvalue weighted by atomic mass is 9.91.